The van der Waals surface area contributed by atoms with Gasteiger partial charge in [-0.2, -0.15) is 5.10 Å². The van der Waals surface area contributed by atoms with Gasteiger partial charge in [0.2, 0.25) is 0 Å². The first kappa shape index (κ1) is 21.1. The van der Waals surface area contributed by atoms with E-state index >= 15 is 0 Å². The van der Waals surface area contributed by atoms with Crippen molar-refractivity contribution in [2.24, 2.45) is 5.10 Å². The average molecular weight is 423 g/mol. The molecule has 3 N–H and O–H groups in total. The number of hydrogen-bond donors (Lipinski definition) is 3. The average Bonchev–Trinajstić information content (AvgIpc) is 3.15. The molecule has 0 fully saturated rings. The molecule has 8 nitrogen and oxygen atoms in total. The van der Waals surface area contributed by atoms with Gasteiger partial charge in [0.05, 0.1) is 18.5 Å². The van der Waals surface area contributed by atoms with Crippen LogP contribution in [0.2, 0.25) is 0 Å². The SMILES string of the molecule is C=CCn1c(CNc2ccccc2)nnc1SCC(=O)N/N=C\c1ccc(O)cc1. The number of hydrazone groups is 1. The second-order valence-corrected chi connectivity index (χ2v) is 7.13. The van der Waals surface area contributed by atoms with E-state index in [1.165, 1.54) is 18.0 Å². The van der Waals surface area contributed by atoms with E-state index < -0.39 is 0 Å². The van der Waals surface area contributed by atoms with E-state index in [0.717, 1.165) is 17.1 Å². The van der Waals surface area contributed by atoms with E-state index in [0.29, 0.717) is 18.2 Å². The molecule has 0 aliphatic heterocycles. The molecule has 9 heteroatoms. The number of anilines is 1. The highest BCUT2D eigenvalue weighted by atomic mass is 32.2. The standard InChI is InChI=1S/C21H22N6O2S/c1-2-12-27-19(14-22-17-6-4-3-5-7-17)24-26-21(27)30-15-20(29)25-23-13-16-8-10-18(28)11-9-16/h2-11,13,22,28H,1,12,14-15H2,(H,25,29)/b23-13-. The van der Waals surface area contributed by atoms with Gasteiger partial charge in [0, 0.05) is 12.2 Å². The summed E-state index contributed by atoms with van der Waals surface area (Å²) in [5.74, 6) is 0.822. The maximum atomic E-state index is 12.1. The van der Waals surface area contributed by atoms with Crippen molar-refractivity contribution in [1.29, 1.82) is 0 Å². The molecule has 1 heterocycles. The van der Waals surface area contributed by atoms with Crippen molar-refractivity contribution in [3.8, 4) is 5.75 Å². The Bertz CT molecular complexity index is 1000. The number of carbonyl (C=O) groups is 1. The zero-order valence-corrected chi connectivity index (χ0v) is 17.0. The van der Waals surface area contributed by atoms with Crippen molar-refractivity contribution in [2.75, 3.05) is 11.1 Å². The second kappa shape index (κ2) is 10.8. The van der Waals surface area contributed by atoms with Crippen molar-refractivity contribution in [2.45, 2.75) is 18.2 Å². The van der Waals surface area contributed by atoms with Gasteiger partial charge in [-0.05, 0) is 42.0 Å². The van der Waals surface area contributed by atoms with Crippen LogP contribution in [0, 0.1) is 0 Å². The first-order valence-corrected chi connectivity index (χ1v) is 10.2. The number of aromatic nitrogens is 3. The van der Waals surface area contributed by atoms with Crippen molar-refractivity contribution in [3.05, 3.63) is 78.6 Å². The van der Waals surface area contributed by atoms with Gasteiger partial charge >= 0.3 is 0 Å². The van der Waals surface area contributed by atoms with Crippen LogP contribution in [-0.2, 0) is 17.9 Å². The highest BCUT2D eigenvalue weighted by Gasteiger charge is 2.13. The summed E-state index contributed by atoms with van der Waals surface area (Å²) in [6.45, 7) is 4.84. The summed E-state index contributed by atoms with van der Waals surface area (Å²) < 4.78 is 1.92. The summed E-state index contributed by atoms with van der Waals surface area (Å²) in [5.41, 5.74) is 4.24. The fourth-order valence-corrected chi connectivity index (χ4v) is 3.27. The summed E-state index contributed by atoms with van der Waals surface area (Å²) in [6, 6.07) is 16.3. The van der Waals surface area contributed by atoms with Crippen LogP contribution < -0.4 is 10.7 Å². The van der Waals surface area contributed by atoms with Gasteiger partial charge in [-0.15, -0.1) is 16.8 Å². The summed E-state index contributed by atoms with van der Waals surface area (Å²) in [4.78, 5) is 12.1. The molecule has 1 amide bonds. The zero-order valence-electron chi connectivity index (χ0n) is 16.2. The number of phenols is 1. The lowest BCUT2D eigenvalue weighted by atomic mass is 10.2. The molecule has 3 rings (SSSR count). The van der Waals surface area contributed by atoms with Crippen LogP contribution >= 0.6 is 11.8 Å². The Morgan fingerprint density at radius 1 is 1.17 bits per heavy atom. The van der Waals surface area contributed by atoms with E-state index in [2.05, 4.69) is 32.6 Å². The number of nitrogens with one attached hydrogen (secondary N) is 2. The van der Waals surface area contributed by atoms with Gasteiger partial charge in [0.15, 0.2) is 11.0 Å². The Morgan fingerprint density at radius 3 is 2.67 bits per heavy atom. The molecule has 0 bridgehead atoms. The van der Waals surface area contributed by atoms with Gasteiger partial charge < -0.3 is 15.0 Å². The molecular weight excluding hydrogens is 400 g/mol. The molecule has 30 heavy (non-hydrogen) atoms. The third-order valence-electron chi connectivity index (χ3n) is 3.96. The van der Waals surface area contributed by atoms with Crippen molar-refractivity contribution < 1.29 is 9.90 Å². The molecule has 0 aliphatic carbocycles. The monoisotopic (exact) mass is 422 g/mol. The number of nitrogens with zero attached hydrogens (tertiary/aromatic N) is 4. The van der Waals surface area contributed by atoms with Crippen molar-refractivity contribution in [1.82, 2.24) is 20.2 Å². The quantitative estimate of drug-likeness (QED) is 0.201. The van der Waals surface area contributed by atoms with Crippen LogP contribution in [0.3, 0.4) is 0 Å². The molecule has 0 saturated heterocycles. The lowest BCUT2D eigenvalue weighted by molar-refractivity contribution is -0.118. The van der Waals surface area contributed by atoms with Crippen LogP contribution in [0.1, 0.15) is 11.4 Å². The highest BCUT2D eigenvalue weighted by molar-refractivity contribution is 7.99. The smallest absolute Gasteiger partial charge is 0.250 e. The molecule has 0 spiro atoms. The Morgan fingerprint density at radius 2 is 1.93 bits per heavy atom. The first-order valence-electron chi connectivity index (χ1n) is 9.21. The minimum atomic E-state index is -0.257. The number of rotatable bonds is 10. The number of thioether (sulfide) groups is 1. The number of aromatic hydroxyl groups is 1. The van der Waals surface area contributed by atoms with E-state index in [4.69, 9.17) is 0 Å². The minimum absolute atomic E-state index is 0.147. The second-order valence-electron chi connectivity index (χ2n) is 6.19. The molecule has 0 unspecified atom stereocenters. The Hall–Kier alpha value is -3.59. The predicted octanol–water partition coefficient (Wildman–Crippen LogP) is 3.02. The van der Waals surface area contributed by atoms with Gasteiger partial charge in [-0.25, -0.2) is 5.43 Å². The number of benzene rings is 2. The molecule has 0 radical (unpaired) electrons. The van der Waals surface area contributed by atoms with Crippen LogP contribution in [0.15, 0.2) is 77.5 Å². The molecular formula is C21H22N6O2S. The number of amides is 1. The maximum absolute atomic E-state index is 12.1. The molecule has 0 aliphatic rings. The molecule has 0 saturated carbocycles. The highest BCUT2D eigenvalue weighted by Crippen LogP contribution is 2.18. The van der Waals surface area contributed by atoms with Crippen LogP contribution in [0.4, 0.5) is 5.69 Å². The van der Waals surface area contributed by atoms with Crippen molar-refractivity contribution >= 4 is 29.6 Å². The van der Waals surface area contributed by atoms with E-state index in [1.54, 1.807) is 30.3 Å². The summed E-state index contributed by atoms with van der Waals surface area (Å²) in [5, 5.41) is 25.6. The van der Waals surface area contributed by atoms with Crippen molar-refractivity contribution in [3.63, 3.8) is 0 Å². The number of para-hydroxylation sites is 1. The Kier molecular flexibility index (Phi) is 7.62. The number of allylic oxidation sites excluding steroid dienone is 1. The largest absolute Gasteiger partial charge is 0.508 e. The van der Waals surface area contributed by atoms with Gasteiger partial charge in [0.25, 0.3) is 5.91 Å². The van der Waals surface area contributed by atoms with E-state index in [9.17, 15) is 9.90 Å². The third kappa shape index (κ3) is 6.21. The van der Waals surface area contributed by atoms with Gasteiger partial charge in [0.1, 0.15) is 5.75 Å². The Labute approximate surface area is 178 Å². The summed E-state index contributed by atoms with van der Waals surface area (Å²) >= 11 is 1.28. The molecule has 0 atom stereocenters. The molecule has 1 aromatic heterocycles. The van der Waals surface area contributed by atoms with Crippen LogP contribution in [0.25, 0.3) is 0 Å². The predicted molar refractivity (Wildman–Crippen MR) is 119 cm³/mol. The summed E-state index contributed by atoms with van der Waals surface area (Å²) in [6.07, 6.45) is 3.27. The lowest BCUT2D eigenvalue weighted by Crippen LogP contribution is -2.20. The number of carbonyl (C=O) groups excluding carboxylic acids is 1. The minimum Gasteiger partial charge on any atom is -0.508 e. The third-order valence-corrected chi connectivity index (χ3v) is 4.92. The maximum Gasteiger partial charge on any atom is 0.250 e. The fourth-order valence-electron chi connectivity index (χ4n) is 2.51. The molecule has 2 aromatic carbocycles. The van der Waals surface area contributed by atoms with Crippen LogP contribution in [0.5, 0.6) is 5.75 Å². The van der Waals surface area contributed by atoms with Gasteiger partial charge in [-0.1, -0.05) is 36.0 Å². The van der Waals surface area contributed by atoms with Crippen LogP contribution in [-0.4, -0.2) is 37.7 Å². The molecule has 154 valence electrons. The lowest BCUT2D eigenvalue weighted by Gasteiger charge is -2.09. The van der Waals surface area contributed by atoms with E-state index in [1.807, 2.05) is 34.9 Å². The topological polar surface area (TPSA) is 104 Å². The Balaban J connectivity index is 1.53. The number of hydrogen-bond acceptors (Lipinski definition) is 7. The van der Waals surface area contributed by atoms with E-state index in [-0.39, 0.29) is 17.4 Å². The van der Waals surface area contributed by atoms with Gasteiger partial charge in [-0.3, -0.25) is 4.79 Å². The summed E-state index contributed by atoms with van der Waals surface area (Å²) in [7, 11) is 0. The first-order chi connectivity index (χ1) is 14.7. The normalized spacial score (nSPS) is 10.8. The zero-order chi connectivity index (χ0) is 21.2. The number of phenolic OH excluding ortho intramolecular Hbond substituents is 1. The fraction of sp³-hybridized carbons (Fsp3) is 0.143. The molecule has 3 aromatic rings.